The van der Waals surface area contributed by atoms with E-state index in [9.17, 15) is 0 Å². The van der Waals surface area contributed by atoms with Gasteiger partial charge in [0, 0.05) is 18.3 Å². The van der Waals surface area contributed by atoms with Crippen molar-refractivity contribution in [1.29, 1.82) is 0 Å². The first-order valence-electron chi connectivity index (χ1n) is 8.84. The van der Waals surface area contributed by atoms with Gasteiger partial charge < -0.3 is 4.52 Å². The molecule has 0 unspecified atom stereocenters. The lowest BCUT2D eigenvalue weighted by atomic mass is 10.0. The Kier molecular flexibility index (Phi) is 4.57. The van der Waals surface area contributed by atoms with Crippen LogP contribution in [0.3, 0.4) is 0 Å². The summed E-state index contributed by atoms with van der Waals surface area (Å²) in [5.41, 5.74) is 3.27. The molecule has 3 aromatic rings. The first kappa shape index (κ1) is 16.0. The van der Waals surface area contributed by atoms with Gasteiger partial charge in [0.05, 0.1) is 11.7 Å². The number of nitrogens with zero attached hydrogens (tertiary/aromatic N) is 4. The van der Waals surface area contributed by atoms with Crippen LogP contribution in [0.25, 0.3) is 11.4 Å². The fourth-order valence-corrected chi connectivity index (χ4v) is 3.43. The second kappa shape index (κ2) is 7.15. The van der Waals surface area contributed by atoms with Gasteiger partial charge >= 0.3 is 0 Å². The van der Waals surface area contributed by atoms with Crippen LogP contribution in [-0.2, 0) is 6.54 Å². The normalized spacial score (nSPS) is 18.4. The molecule has 1 saturated heterocycles. The Morgan fingerprint density at radius 1 is 1.16 bits per heavy atom. The number of aromatic nitrogens is 3. The summed E-state index contributed by atoms with van der Waals surface area (Å²) in [5, 5.41) is 4.22. The number of piperidine rings is 1. The van der Waals surface area contributed by atoms with Gasteiger partial charge in [-0.1, -0.05) is 41.4 Å². The largest absolute Gasteiger partial charge is 0.337 e. The minimum atomic E-state index is 0.168. The van der Waals surface area contributed by atoms with Gasteiger partial charge in [-0.05, 0) is 44.5 Å². The molecule has 25 heavy (non-hydrogen) atoms. The Morgan fingerprint density at radius 2 is 2.12 bits per heavy atom. The minimum Gasteiger partial charge on any atom is -0.337 e. The molecule has 128 valence electrons. The second-order valence-electron chi connectivity index (χ2n) is 6.63. The maximum atomic E-state index is 5.64. The molecule has 1 aliphatic rings. The van der Waals surface area contributed by atoms with Crippen molar-refractivity contribution >= 4 is 0 Å². The summed E-state index contributed by atoms with van der Waals surface area (Å²) in [7, 11) is 0. The quantitative estimate of drug-likeness (QED) is 0.717. The van der Waals surface area contributed by atoms with E-state index in [0.717, 1.165) is 30.8 Å². The minimum absolute atomic E-state index is 0.168. The predicted molar refractivity (Wildman–Crippen MR) is 95.7 cm³/mol. The molecule has 0 bridgehead atoms. The van der Waals surface area contributed by atoms with Crippen LogP contribution >= 0.6 is 0 Å². The molecule has 0 radical (unpaired) electrons. The van der Waals surface area contributed by atoms with Crippen LogP contribution in [0, 0.1) is 6.92 Å². The van der Waals surface area contributed by atoms with Crippen molar-refractivity contribution in [2.45, 2.75) is 38.8 Å². The third-order valence-corrected chi connectivity index (χ3v) is 4.71. The molecule has 1 atom stereocenters. The SMILES string of the molecule is Cc1cccc(-c2noc([C@H]3CCCCN3Cc3ccccn3)n2)c1. The van der Waals surface area contributed by atoms with Gasteiger partial charge in [0.15, 0.2) is 0 Å². The number of hydrogen-bond donors (Lipinski definition) is 0. The molecule has 0 spiro atoms. The van der Waals surface area contributed by atoms with Gasteiger partial charge in [-0.25, -0.2) is 0 Å². The van der Waals surface area contributed by atoms with Gasteiger partial charge in [0.1, 0.15) is 0 Å². The molecule has 0 aliphatic carbocycles. The van der Waals surface area contributed by atoms with Gasteiger partial charge in [-0.3, -0.25) is 9.88 Å². The van der Waals surface area contributed by atoms with E-state index in [0.29, 0.717) is 11.7 Å². The highest BCUT2D eigenvalue weighted by molar-refractivity contribution is 5.55. The van der Waals surface area contributed by atoms with E-state index in [4.69, 9.17) is 9.51 Å². The molecule has 3 heterocycles. The van der Waals surface area contributed by atoms with Crippen molar-refractivity contribution in [2.24, 2.45) is 0 Å². The molecule has 0 amide bonds. The Labute approximate surface area is 147 Å². The fraction of sp³-hybridized carbons (Fsp3) is 0.350. The van der Waals surface area contributed by atoms with Crippen LogP contribution in [-0.4, -0.2) is 26.6 Å². The average Bonchev–Trinajstić information content (AvgIpc) is 3.13. The highest BCUT2D eigenvalue weighted by atomic mass is 16.5. The van der Waals surface area contributed by atoms with E-state index < -0.39 is 0 Å². The molecule has 0 N–H and O–H groups in total. The Hall–Kier alpha value is -2.53. The monoisotopic (exact) mass is 334 g/mol. The van der Waals surface area contributed by atoms with Crippen molar-refractivity contribution in [3.05, 3.63) is 65.8 Å². The third kappa shape index (κ3) is 3.61. The predicted octanol–water partition coefficient (Wildman–Crippen LogP) is 4.17. The first-order valence-corrected chi connectivity index (χ1v) is 8.84. The van der Waals surface area contributed by atoms with Crippen molar-refractivity contribution in [3.8, 4) is 11.4 Å². The van der Waals surface area contributed by atoms with Gasteiger partial charge in [0.25, 0.3) is 0 Å². The maximum absolute atomic E-state index is 5.64. The second-order valence-corrected chi connectivity index (χ2v) is 6.63. The molecule has 5 nitrogen and oxygen atoms in total. The van der Waals surface area contributed by atoms with Gasteiger partial charge in [0.2, 0.25) is 11.7 Å². The van der Waals surface area contributed by atoms with Crippen LogP contribution in [0.1, 0.15) is 42.5 Å². The summed E-state index contributed by atoms with van der Waals surface area (Å²) in [5.74, 6) is 1.38. The molecular weight excluding hydrogens is 312 g/mol. The highest BCUT2D eigenvalue weighted by Gasteiger charge is 2.29. The zero-order chi connectivity index (χ0) is 17.1. The Bertz CT molecular complexity index is 830. The summed E-state index contributed by atoms with van der Waals surface area (Å²) < 4.78 is 5.64. The number of aryl methyl sites for hydroxylation is 1. The average molecular weight is 334 g/mol. The van der Waals surface area contributed by atoms with Gasteiger partial charge in [-0.2, -0.15) is 4.98 Å². The highest BCUT2D eigenvalue weighted by Crippen LogP contribution is 2.32. The zero-order valence-electron chi connectivity index (χ0n) is 14.4. The molecule has 5 heteroatoms. The Balaban J connectivity index is 1.57. The van der Waals surface area contributed by atoms with Crippen molar-refractivity contribution in [2.75, 3.05) is 6.54 Å². The van der Waals surface area contributed by atoms with Crippen LogP contribution in [0.2, 0.25) is 0 Å². The van der Waals surface area contributed by atoms with Crippen LogP contribution in [0.15, 0.2) is 53.2 Å². The summed E-state index contributed by atoms with van der Waals surface area (Å²) in [6.45, 7) is 3.91. The fourth-order valence-electron chi connectivity index (χ4n) is 3.43. The van der Waals surface area contributed by atoms with E-state index >= 15 is 0 Å². The van der Waals surface area contributed by atoms with Crippen LogP contribution in [0.4, 0.5) is 0 Å². The van der Waals surface area contributed by atoms with Crippen LogP contribution in [0.5, 0.6) is 0 Å². The summed E-state index contributed by atoms with van der Waals surface area (Å²) >= 11 is 0. The molecule has 1 aliphatic heterocycles. The molecule has 1 aromatic carbocycles. The lowest BCUT2D eigenvalue weighted by Gasteiger charge is -2.32. The smallest absolute Gasteiger partial charge is 0.244 e. The first-order chi connectivity index (χ1) is 12.3. The van der Waals surface area contributed by atoms with Crippen molar-refractivity contribution in [1.82, 2.24) is 20.0 Å². The lowest BCUT2D eigenvalue weighted by molar-refractivity contribution is 0.110. The number of pyridine rings is 1. The summed E-state index contributed by atoms with van der Waals surface area (Å²) in [6.07, 6.45) is 5.27. The third-order valence-electron chi connectivity index (χ3n) is 4.71. The van der Waals surface area contributed by atoms with E-state index in [-0.39, 0.29) is 6.04 Å². The lowest BCUT2D eigenvalue weighted by Crippen LogP contribution is -2.33. The number of hydrogen-bond acceptors (Lipinski definition) is 5. The molecule has 0 saturated carbocycles. The summed E-state index contributed by atoms with van der Waals surface area (Å²) in [6, 6.07) is 14.4. The topological polar surface area (TPSA) is 55.1 Å². The van der Waals surface area contributed by atoms with Crippen LogP contribution < -0.4 is 0 Å². The van der Waals surface area contributed by atoms with E-state index in [1.807, 2.05) is 30.5 Å². The van der Waals surface area contributed by atoms with E-state index in [1.165, 1.54) is 18.4 Å². The molecule has 2 aromatic heterocycles. The van der Waals surface area contributed by atoms with E-state index in [1.54, 1.807) is 0 Å². The standard InChI is InChI=1S/C20H22N4O/c1-15-7-6-8-16(13-15)19-22-20(25-23-19)18-10-3-5-12-24(18)14-17-9-2-4-11-21-17/h2,4,6-9,11,13,18H,3,5,10,12,14H2,1H3/t18-/m1/s1. The van der Waals surface area contributed by atoms with Crippen molar-refractivity contribution in [3.63, 3.8) is 0 Å². The molecule has 1 fully saturated rings. The molecule has 4 rings (SSSR count). The van der Waals surface area contributed by atoms with Crippen molar-refractivity contribution < 1.29 is 4.52 Å². The van der Waals surface area contributed by atoms with E-state index in [2.05, 4.69) is 40.2 Å². The Morgan fingerprint density at radius 3 is 2.96 bits per heavy atom. The van der Waals surface area contributed by atoms with Gasteiger partial charge in [-0.15, -0.1) is 0 Å². The number of rotatable bonds is 4. The maximum Gasteiger partial charge on any atom is 0.244 e. The number of likely N-dealkylation sites (tertiary alicyclic amines) is 1. The summed E-state index contributed by atoms with van der Waals surface area (Å²) in [4.78, 5) is 11.6. The molecular formula is C20H22N4O. The number of benzene rings is 1. The zero-order valence-corrected chi connectivity index (χ0v) is 14.4.